The van der Waals surface area contributed by atoms with Crippen LogP contribution in [0.25, 0.3) is 0 Å². The maximum atomic E-state index is 16.3. The largest absolute Gasteiger partial charge is 0.466 e. The van der Waals surface area contributed by atoms with Crippen molar-refractivity contribution in [3.8, 4) is 0 Å². The Bertz CT molecular complexity index is 948. The lowest BCUT2D eigenvalue weighted by molar-refractivity contribution is -0.159. The van der Waals surface area contributed by atoms with E-state index < -0.39 is 40.3 Å². The Kier molecular flexibility index (Phi) is 7.78. The lowest BCUT2D eigenvalue weighted by Gasteiger charge is -2.31. The van der Waals surface area contributed by atoms with E-state index >= 15 is 4.39 Å². The predicted octanol–water partition coefficient (Wildman–Crippen LogP) is 4.59. The van der Waals surface area contributed by atoms with Crippen molar-refractivity contribution >= 4 is 28.9 Å². The molecule has 0 spiro atoms. The second-order valence-corrected chi connectivity index (χ2v) is 8.53. The number of carbonyl (C=O) groups is 3. The van der Waals surface area contributed by atoms with Crippen molar-refractivity contribution in [1.29, 1.82) is 0 Å². The summed E-state index contributed by atoms with van der Waals surface area (Å²) in [6.07, 6.45) is -1.05. The molecule has 0 saturated heterocycles. The van der Waals surface area contributed by atoms with Crippen molar-refractivity contribution in [1.82, 2.24) is 5.32 Å². The summed E-state index contributed by atoms with van der Waals surface area (Å²) >= 11 is 0.202. The molecule has 0 unspecified atom stereocenters. The van der Waals surface area contributed by atoms with Crippen LogP contribution in [0.3, 0.4) is 0 Å². The van der Waals surface area contributed by atoms with E-state index in [9.17, 15) is 18.8 Å². The molecule has 2 aromatic rings. The minimum absolute atomic E-state index is 0.115. The Morgan fingerprint density at radius 3 is 2.13 bits per heavy atom. The topological polar surface area (TPSA) is 81.7 Å². The molecule has 2 rings (SSSR count). The lowest BCUT2D eigenvalue weighted by atomic mass is 9.91. The number of halogens is 2. The molecule has 0 aliphatic carbocycles. The Morgan fingerprint density at radius 2 is 1.58 bits per heavy atom. The molecule has 0 fully saturated rings. The van der Waals surface area contributed by atoms with Crippen molar-refractivity contribution in [3.63, 3.8) is 0 Å². The number of benzene rings is 2. The Morgan fingerprint density at radius 1 is 1.00 bits per heavy atom. The summed E-state index contributed by atoms with van der Waals surface area (Å²) in [4.78, 5) is 37.7. The smallest absolute Gasteiger partial charge is 0.408 e. The van der Waals surface area contributed by atoms with E-state index in [0.29, 0.717) is 0 Å². The first-order valence-corrected chi connectivity index (χ1v) is 10.1. The Hall–Kier alpha value is -2.94. The van der Waals surface area contributed by atoms with Crippen LogP contribution < -0.4 is 5.32 Å². The molecule has 0 heterocycles. The molecule has 31 heavy (non-hydrogen) atoms. The van der Waals surface area contributed by atoms with Gasteiger partial charge in [-0.3, -0.25) is 4.79 Å². The van der Waals surface area contributed by atoms with Gasteiger partial charge in [0, 0.05) is 0 Å². The number of ether oxygens (including phenoxy) is 2. The molecular weight excluding hydrogens is 428 g/mol. The van der Waals surface area contributed by atoms with Gasteiger partial charge in [0.2, 0.25) is 5.12 Å². The number of esters is 1. The van der Waals surface area contributed by atoms with Gasteiger partial charge in [0.15, 0.2) is 0 Å². The third kappa shape index (κ3) is 6.04. The summed E-state index contributed by atoms with van der Waals surface area (Å²) in [7, 11) is 0.910. The third-order valence-corrected chi connectivity index (χ3v) is 5.04. The van der Waals surface area contributed by atoms with E-state index in [1.54, 1.807) is 39.0 Å². The van der Waals surface area contributed by atoms with Crippen molar-refractivity contribution in [3.05, 3.63) is 66.0 Å². The number of rotatable bonds is 6. The van der Waals surface area contributed by atoms with Crippen LogP contribution in [-0.2, 0) is 19.1 Å². The molecule has 9 heteroatoms. The van der Waals surface area contributed by atoms with E-state index in [4.69, 9.17) is 4.74 Å². The van der Waals surface area contributed by atoms with Gasteiger partial charge in [0.25, 0.3) is 5.67 Å². The molecule has 0 bridgehead atoms. The van der Waals surface area contributed by atoms with Gasteiger partial charge in [-0.25, -0.2) is 18.4 Å². The number of carbonyl (C=O) groups excluding carboxylic acids is 3. The molecule has 2 atom stereocenters. The van der Waals surface area contributed by atoms with Gasteiger partial charge in [-0.05, 0) is 50.2 Å². The summed E-state index contributed by atoms with van der Waals surface area (Å²) in [5.74, 6) is -2.30. The molecule has 2 aromatic carbocycles. The van der Waals surface area contributed by atoms with Crippen LogP contribution in [0, 0.1) is 5.82 Å². The van der Waals surface area contributed by atoms with E-state index in [-0.39, 0.29) is 22.2 Å². The van der Waals surface area contributed by atoms with Crippen molar-refractivity contribution in [2.45, 2.75) is 43.0 Å². The van der Waals surface area contributed by atoms with E-state index in [0.717, 1.165) is 13.2 Å². The second kappa shape index (κ2) is 9.91. The molecule has 0 saturated carbocycles. The highest BCUT2D eigenvalue weighted by Gasteiger charge is 2.56. The molecular formula is C22H23F2NO5S. The average molecular weight is 451 g/mol. The Labute approximate surface area is 183 Å². The molecule has 1 N–H and O–H groups in total. The fraction of sp³-hybridized carbons (Fsp3) is 0.318. The number of methoxy groups -OCH3 is 1. The summed E-state index contributed by atoms with van der Waals surface area (Å²) in [6, 6.07) is 11.0. The quantitative estimate of drug-likeness (QED) is 0.393. The van der Waals surface area contributed by atoms with Crippen molar-refractivity contribution < 1.29 is 32.6 Å². The van der Waals surface area contributed by atoms with Gasteiger partial charge in [-0.1, -0.05) is 42.5 Å². The molecule has 6 nitrogen and oxygen atoms in total. The standard InChI is InChI=1S/C22H23F2NO5S/c1-21(2,3)30-20(28)25-17(14-10-6-5-7-11-14)22(24,18(26)29-4)19(27)31-16-13-9-8-12-15(16)23/h5-13,17H,1-4H3,(H,25,28)/t17-,22+/m0/s1. The number of amides is 1. The number of alkyl carbamates (subject to hydrolysis) is 1. The predicted molar refractivity (Wildman–Crippen MR) is 112 cm³/mol. The maximum Gasteiger partial charge on any atom is 0.408 e. The van der Waals surface area contributed by atoms with Crippen LogP contribution in [-0.4, -0.2) is 35.6 Å². The second-order valence-electron chi connectivity index (χ2n) is 7.51. The highest BCUT2D eigenvalue weighted by Crippen LogP contribution is 2.38. The first-order valence-electron chi connectivity index (χ1n) is 9.27. The minimum Gasteiger partial charge on any atom is -0.466 e. The molecule has 0 aliphatic rings. The zero-order valence-corrected chi connectivity index (χ0v) is 18.3. The minimum atomic E-state index is -3.38. The first-order chi connectivity index (χ1) is 14.5. The zero-order valence-electron chi connectivity index (χ0n) is 17.5. The Balaban J connectivity index is 2.51. The average Bonchev–Trinajstić information content (AvgIpc) is 2.71. The van der Waals surface area contributed by atoms with Gasteiger partial charge in [-0.15, -0.1) is 0 Å². The van der Waals surface area contributed by atoms with Crippen LogP contribution in [0.5, 0.6) is 0 Å². The molecule has 0 radical (unpaired) electrons. The number of hydrogen-bond acceptors (Lipinski definition) is 6. The van der Waals surface area contributed by atoms with Gasteiger partial charge in [-0.2, -0.15) is 0 Å². The van der Waals surface area contributed by atoms with Crippen LogP contribution in [0.1, 0.15) is 32.4 Å². The molecule has 0 aromatic heterocycles. The summed E-state index contributed by atoms with van der Waals surface area (Å²) in [5, 5.41) is 0.910. The van der Waals surface area contributed by atoms with E-state index in [2.05, 4.69) is 10.1 Å². The lowest BCUT2D eigenvalue weighted by Crippen LogP contribution is -2.54. The first kappa shape index (κ1) is 24.3. The normalized spacial score (nSPS) is 14.1. The number of alkyl halides is 1. The highest BCUT2D eigenvalue weighted by molar-refractivity contribution is 8.14. The third-order valence-electron chi connectivity index (χ3n) is 4.01. The monoisotopic (exact) mass is 451 g/mol. The molecule has 166 valence electrons. The number of hydrogen-bond donors (Lipinski definition) is 1. The summed E-state index contributed by atoms with van der Waals surface area (Å²) in [6.45, 7) is 4.81. The maximum absolute atomic E-state index is 16.3. The van der Waals surface area contributed by atoms with Crippen molar-refractivity contribution in [2.24, 2.45) is 0 Å². The highest BCUT2D eigenvalue weighted by atomic mass is 32.2. The van der Waals surface area contributed by atoms with Crippen molar-refractivity contribution in [2.75, 3.05) is 7.11 Å². The number of nitrogens with one attached hydrogen (secondary N) is 1. The fourth-order valence-electron chi connectivity index (χ4n) is 2.65. The molecule has 0 aliphatic heterocycles. The van der Waals surface area contributed by atoms with Gasteiger partial charge >= 0.3 is 12.1 Å². The van der Waals surface area contributed by atoms with Crippen LogP contribution in [0.2, 0.25) is 0 Å². The zero-order chi connectivity index (χ0) is 23.2. The number of thioether (sulfide) groups is 1. The van der Waals surface area contributed by atoms with Gasteiger partial charge in [0.1, 0.15) is 17.5 Å². The van der Waals surface area contributed by atoms with E-state index in [1.165, 1.54) is 30.3 Å². The van der Waals surface area contributed by atoms with Gasteiger partial charge in [0.05, 0.1) is 12.0 Å². The summed E-state index contributed by atoms with van der Waals surface area (Å²) < 4.78 is 40.1. The fourth-order valence-corrected chi connectivity index (χ4v) is 3.51. The van der Waals surface area contributed by atoms with E-state index in [1.807, 2.05) is 0 Å². The van der Waals surface area contributed by atoms with Crippen LogP contribution in [0.4, 0.5) is 13.6 Å². The van der Waals surface area contributed by atoms with Crippen LogP contribution >= 0.6 is 11.8 Å². The van der Waals surface area contributed by atoms with Gasteiger partial charge < -0.3 is 14.8 Å². The molecule has 1 amide bonds. The summed E-state index contributed by atoms with van der Waals surface area (Å²) in [5.41, 5.74) is -4.18. The van der Waals surface area contributed by atoms with Crippen LogP contribution in [0.15, 0.2) is 59.5 Å². The SMILES string of the molecule is COC(=O)[C@@](F)(C(=O)Sc1ccccc1F)[C@@H](NC(=O)OC(C)(C)C)c1ccccc1.